The van der Waals surface area contributed by atoms with E-state index < -0.39 is 18.1 Å². The molecule has 6 nitrogen and oxygen atoms in total. The lowest BCUT2D eigenvalue weighted by Crippen LogP contribution is -2.54. The first kappa shape index (κ1) is 15.3. The maximum atomic E-state index is 12.4. The summed E-state index contributed by atoms with van der Waals surface area (Å²) in [6.45, 7) is 0.444. The van der Waals surface area contributed by atoms with E-state index in [2.05, 4.69) is 0 Å². The summed E-state index contributed by atoms with van der Waals surface area (Å²) < 4.78 is 0. The number of aromatic hydroxyl groups is 1. The summed E-state index contributed by atoms with van der Waals surface area (Å²) in [5.74, 6) is -1.14. The van der Waals surface area contributed by atoms with Gasteiger partial charge in [0, 0.05) is 6.54 Å². The normalized spacial score (nSPS) is 20.0. The van der Waals surface area contributed by atoms with Crippen molar-refractivity contribution in [1.82, 2.24) is 4.90 Å². The molecule has 1 saturated heterocycles. The Hall–Kier alpha value is -2.08. The Kier molecular flexibility index (Phi) is 4.80. The molecule has 1 amide bonds. The molecule has 0 aromatic heterocycles. The van der Waals surface area contributed by atoms with Crippen molar-refractivity contribution < 1.29 is 19.8 Å². The molecular formula is C15H20N2O4. The van der Waals surface area contributed by atoms with Gasteiger partial charge in [-0.3, -0.25) is 4.79 Å². The standard InChI is InChI=1S/C15H20N2O4/c16-12(9-10-4-6-11(18)7-5-10)14(19)17-8-2-1-3-13(17)15(20)21/h4-7,12-13,18H,1-3,8-9,16H2,(H,20,21)/t12-,13?/m0/s1. The van der Waals surface area contributed by atoms with Crippen molar-refractivity contribution in [2.24, 2.45) is 5.73 Å². The zero-order chi connectivity index (χ0) is 15.4. The smallest absolute Gasteiger partial charge is 0.326 e. The Balaban J connectivity index is 2.03. The van der Waals surface area contributed by atoms with Gasteiger partial charge in [-0.2, -0.15) is 0 Å². The van der Waals surface area contributed by atoms with Gasteiger partial charge >= 0.3 is 5.97 Å². The van der Waals surface area contributed by atoms with Crippen LogP contribution in [0.15, 0.2) is 24.3 Å². The molecule has 1 aliphatic rings. The van der Waals surface area contributed by atoms with E-state index in [1.807, 2.05) is 0 Å². The van der Waals surface area contributed by atoms with Gasteiger partial charge in [0.25, 0.3) is 0 Å². The van der Waals surface area contributed by atoms with Crippen molar-refractivity contribution >= 4 is 11.9 Å². The van der Waals surface area contributed by atoms with Crippen LogP contribution in [0.2, 0.25) is 0 Å². The van der Waals surface area contributed by atoms with Gasteiger partial charge in [0.05, 0.1) is 6.04 Å². The summed E-state index contributed by atoms with van der Waals surface area (Å²) in [7, 11) is 0. The molecule has 1 unspecified atom stereocenters. The molecule has 6 heteroatoms. The Bertz CT molecular complexity index is 515. The SMILES string of the molecule is N[C@@H](Cc1ccc(O)cc1)C(=O)N1CCCCC1C(=O)O. The van der Waals surface area contributed by atoms with Crippen LogP contribution in [0.1, 0.15) is 24.8 Å². The lowest BCUT2D eigenvalue weighted by Gasteiger charge is -2.34. The van der Waals surface area contributed by atoms with Crippen molar-refractivity contribution in [3.63, 3.8) is 0 Å². The molecule has 0 bridgehead atoms. The molecule has 1 aromatic carbocycles. The predicted octanol–water partition coefficient (Wildman–Crippen LogP) is 0.728. The second-order valence-electron chi connectivity index (χ2n) is 5.36. The Morgan fingerprint density at radius 3 is 2.57 bits per heavy atom. The fraction of sp³-hybridized carbons (Fsp3) is 0.467. The number of phenolic OH excluding ortho intramolecular Hbond substituents is 1. The number of amides is 1. The molecule has 4 N–H and O–H groups in total. The van der Waals surface area contributed by atoms with Gasteiger partial charge in [0.1, 0.15) is 11.8 Å². The number of hydrogen-bond acceptors (Lipinski definition) is 4. The molecule has 1 heterocycles. The van der Waals surface area contributed by atoms with Crippen LogP contribution in [-0.4, -0.2) is 45.6 Å². The van der Waals surface area contributed by atoms with Crippen molar-refractivity contribution in [2.45, 2.75) is 37.8 Å². The summed E-state index contributed by atoms with van der Waals surface area (Å²) in [5, 5.41) is 18.4. The van der Waals surface area contributed by atoms with Crippen LogP contribution in [0, 0.1) is 0 Å². The number of hydrogen-bond donors (Lipinski definition) is 3. The average Bonchev–Trinajstić information content (AvgIpc) is 2.48. The number of nitrogens with two attached hydrogens (primary N) is 1. The Labute approximate surface area is 123 Å². The maximum absolute atomic E-state index is 12.4. The largest absolute Gasteiger partial charge is 0.508 e. The third kappa shape index (κ3) is 3.72. The molecular weight excluding hydrogens is 272 g/mol. The second-order valence-corrected chi connectivity index (χ2v) is 5.36. The molecule has 0 radical (unpaired) electrons. The molecule has 1 aromatic rings. The van der Waals surface area contributed by atoms with Crippen molar-refractivity contribution in [1.29, 1.82) is 0 Å². The molecule has 2 atom stereocenters. The van der Waals surface area contributed by atoms with Crippen molar-refractivity contribution in [3.05, 3.63) is 29.8 Å². The molecule has 1 fully saturated rings. The molecule has 2 rings (SSSR count). The molecule has 0 saturated carbocycles. The average molecular weight is 292 g/mol. The monoisotopic (exact) mass is 292 g/mol. The van der Waals surface area contributed by atoms with Gasteiger partial charge in [-0.1, -0.05) is 12.1 Å². The number of phenols is 1. The van der Waals surface area contributed by atoms with E-state index >= 15 is 0 Å². The van der Waals surface area contributed by atoms with E-state index in [4.69, 9.17) is 5.73 Å². The van der Waals surface area contributed by atoms with E-state index in [9.17, 15) is 19.8 Å². The zero-order valence-electron chi connectivity index (χ0n) is 11.7. The van der Waals surface area contributed by atoms with E-state index in [0.29, 0.717) is 19.4 Å². The number of nitrogens with zero attached hydrogens (tertiary/aromatic N) is 1. The summed E-state index contributed by atoms with van der Waals surface area (Å²) in [5.41, 5.74) is 6.76. The summed E-state index contributed by atoms with van der Waals surface area (Å²) in [6, 6.07) is 4.94. The minimum atomic E-state index is -0.972. The van der Waals surface area contributed by atoms with E-state index in [-0.39, 0.29) is 11.7 Å². The summed E-state index contributed by atoms with van der Waals surface area (Å²) in [6.07, 6.45) is 2.42. The molecule has 0 spiro atoms. The highest BCUT2D eigenvalue weighted by molar-refractivity contribution is 5.87. The Morgan fingerprint density at radius 2 is 1.95 bits per heavy atom. The summed E-state index contributed by atoms with van der Waals surface area (Å²) >= 11 is 0. The number of likely N-dealkylation sites (tertiary alicyclic amines) is 1. The van der Waals surface area contributed by atoms with Gasteiger partial charge in [-0.25, -0.2) is 4.79 Å². The first-order valence-corrected chi connectivity index (χ1v) is 7.06. The summed E-state index contributed by atoms with van der Waals surface area (Å²) in [4.78, 5) is 25.0. The second kappa shape index (κ2) is 6.58. The quantitative estimate of drug-likeness (QED) is 0.759. The number of piperidine rings is 1. The molecule has 114 valence electrons. The number of carboxylic acid groups (broad SMARTS) is 1. The van der Waals surface area contributed by atoms with E-state index in [1.54, 1.807) is 12.1 Å². The van der Waals surface area contributed by atoms with E-state index in [1.165, 1.54) is 17.0 Å². The third-order valence-electron chi connectivity index (χ3n) is 3.78. The van der Waals surface area contributed by atoms with Gasteiger partial charge in [0.2, 0.25) is 5.91 Å². The van der Waals surface area contributed by atoms with Crippen molar-refractivity contribution in [3.8, 4) is 5.75 Å². The fourth-order valence-electron chi connectivity index (χ4n) is 2.64. The predicted molar refractivity (Wildman–Crippen MR) is 76.8 cm³/mol. The molecule has 0 aliphatic carbocycles. The highest BCUT2D eigenvalue weighted by Crippen LogP contribution is 2.19. The number of carbonyl (C=O) groups is 2. The fourth-order valence-corrected chi connectivity index (χ4v) is 2.64. The zero-order valence-corrected chi connectivity index (χ0v) is 11.7. The highest BCUT2D eigenvalue weighted by Gasteiger charge is 2.34. The first-order chi connectivity index (χ1) is 9.99. The van der Waals surface area contributed by atoms with Crippen LogP contribution in [-0.2, 0) is 16.0 Å². The minimum absolute atomic E-state index is 0.153. The number of carboxylic acids is 1. The van der Waals surface area contributed by atoms with Crippen molar-refractivity contribution in [2.75, 3.05) is 6.54 Å². The highest BCUT2D eigenvalue weighted by atomic mass is 16.4. The van der Waals surface area contributed by atoms with Crippen LogP contribution in [0.5, 0.6) is 5.75 Å². The number of aliphatic carboxylic acids is 1. The lowest BCUT2D eigenvalue weighted by molar-refractivity contribution is -0.152. The first-order valence-electron chi connectivity index (χ1n) is 7.06. The van der Waals surface area contributed by atoms with Crippen LogP contribution < -0.4 is 5.73 Å². The van der Waals surface area contributed by atoms with Crippen LogP contribution >= 0.6 is 0 Å². The number of benzene rings is 1. The van der Waals surface area contributed by atoms with Crippen LogP contribution in [0.25, 0.3) is 0 Å². The molecule has 1 aliphatic heterocycles. The Morgan fingerprint density at radius 1 is 1.29 bits per heavy atom. The van der Waals surface area contributed by atoms with Crippen LogP contribution in [0.3, 0.4) is 0 Å². The van der Waals surface area contributed by atoms with Crippen LogP contribution in [0.4, 0.5) is 0 Å². The van der Waals surface area contributed by atoms with Gasteiger partial charge in [0.15, 0.2) is 0 Å². The van der Waals surface area contributed by atoms with E-state index in [0.717, 1.165) is 18.4 Å². The van der Waals surface area contributed by atoms with Gasteiger partial charge in [-0.05, 0) is 43.4 Å². The third-order valence-corrected chi connectivity index (χ3v) is 3.78. The number of rotatable bonds is 4. The lowest BCUT2D eigenvalue weighted by atomic mass is 9.99. The maximum Gasteiger partial charge on any atom is 0.326 e. The van der Waals surface area contributed by atoms with Gasteiger partial charge in [-0.15, -0.1) is 0 Å². The number of carbonyl (C=O) groups excluding carboxylic acids is 1. The molecule has 21 heavy (non-hydrogen) atoms. The minimum Gasteiger partial charge on any atom is -0.508 e. The topological polar surface area (TPSA) is 104 Å². The van der Waals surface area contributed by atoms with Gasteiger partial charge < -0.3 is 20.8 Å².